The number of hydrogen-bond acceptors (Lipinski definition) is 7. The highest BCUT2D eigenvalue weighted by atomic mass is 32.1. The molecule has 2 N–H and O–H groups in total. The zero-order chi connectivity index (χ0) is 25.9. The Morgan fingerprint density at radius 1 is 1.11 bits per heavy atom. The van der Waals surface area contributed by atoms with E-state index in [-0.39, 0.29) is 18.4 Å². The summed E-state index contributed by atoms with van der Waals surface area (Å²) in [6.07, 6.45) is 0.366. The first-order chi connectivity index (χ1) is 17.4. The molecule has 0 spiro atoms. The van der Waals surface area contributed by atoms with Crippen molar-refractivity contribution in [2.45, 2.75) is 33.7 Å². The number of amides is 2. The summed E-state index contributed by atoms with van der Waals surface area (Å²) < 4.78 is 5.24. The lowest BCUT2D eigenvalue weighted by atomic mass is 9.98. The van der Waals surface area contributed by atoms with Crippen LogP contribution in [0.2, 0.25) is 0 Å². The fourth-order valence-electron chi connectivity index (χ4n) is 3.96. The summed E-state index contributed by atoms with van der Waals surface area (Å²) in [5, 5.41) is 17.3. The van der Waals surface area contributed by atoms with Gasteiger partial charge in [0.1, 0.15) is 0 Å². The van der Waals surface area contributed by atoms with E-state index >= 15 is 0 Å². The number of ether oxygens (including phenoxy) is 1. The average molecular weight is 511 g/mol. The normalized spacial score (nSPS) is 11.8. The Labute approximate surface area is 217 Å². The molecule has 0 radical (unpaired) electrons. The van der Waals surface area contributed by atoms with Gasteiger partial charge in [-0.05, 0) is 41.2 Å². The van der Waals surface area contributed by atoms with Crippen LogP contribution in [0.15, 0.2) is 48.5 Å². The summed E-state index contributed by atoms with van der Waals surface area (Å²) in [5.74, 6) is 1.25. The van der Waals surface area contributed by atoms with Gasteiger partial charge in [-0.15, -0.1) is 10.2 Å². The van der Waals surface area contributed by atoms with Gasteiger partial charge in [0.05, 0.1) is 6.61 Å². The van der Waals surface area contributed by atoms with E-state index in [9.17, 15) is 9.59 Å². The van der Waals surface area contributed by atoms with Crippen molar-refractivity contribution in [1.29, 1.82) is 0 Å². The lowest BCUT2D eigenvalue weighted by Gasteiger charge is -2.23. The molecule has 0 saturated heterocycles. The molecule has 192 valence electrons. The maximum Gasteiger partial charge on any atom is 0.410 e. The minimum absolute atomic E-state index is 0.0351. The smallest absolute Gasteiger partial charge is 0.410 e. The molecule has 0 aliphatic rings. The maximum absolute atomic E-state index is 12.6. The van der Waals surface area contributed by atoms with Crippen LogP contribution in [0.3, 0.4) is 0 Å². The standard InChI is InChI=1S/C26H34N6O3S/c1-4-35-26(34)32(14-13-27-25(33)21(17-36)15-18(2)3)16-19-9-11-20(12-10-19)22-7-5-6-8-23(22)24-28-30-31-29-24/h5-12,18,21,36H,4,13-17H2,1-3H3,(H,27,33)(H,28,29,30,31). The molecule has 0 fully saturated rings. The monoisotopic (exact) mass is 510 g/mol. The molecule has 2 amide bonds. The van der Waals surface area contributed by atoms with Crippen LogP contribution in [0.1, 0.15) is 32.8 Å². The van der Waals surface area contributed by atoms with Crippen LogP contribution in [-0.4, -0.2) is 63.0 Å². The number of aromatic nitrogens is 4. The Morgan fingerprint density at radius 3 is 2.44 bits per heavy atom. The number of benzene rings is 2. The molecule has 3 rings (SSSR count). The molecule has 3 aromatic rings. The van der Waals surface area contributed by atoms with Crippen LogP contribution in [0.25, 0.3) is 22.5 Å². The zero-order valence-corrected chi connectivity index (χ0v) is 21.9. The third-order valence-corrected chi connectivity index (χ3v) is 6.15. The number of nitrogens with one attached hydrogen (secondary N) is 2. The lowest BCUT2D eigenvalue weighted by Crippen LogP contribution is -2.40. The van der Waals surface area contributed by atoms with Crippen molar-refractivity contribution in [1.82, 2.24) is 30.8 Å². The second kappa shape index (κ2) is 13.6. The predicted octanol–water partition coefficient (Wildman–Crippen LogP) is 4.20. The number of carbonyl (C=O) groups excluding carboxylic acids is 2. The van der Waals surface area contributed by atoms with Gasteiger partial charge in [0.15, 0.2) is 0 Å². The van der Waals surface area contributed by atoms with Crippen molar-refractivity contribution >= 4 is 24.6 Å². The number of tetrazole rings is 1. The molecule has 1 unspecified atom stereocenters. The van der Waals surface area contributed by atoms with E-state index in [0.29, 0.717) is 37.1 Å². The van der Waals surface area contributed by atoms with Gasteiger partial charge in [-0.2, -0.15) is 17.8 Å². The van der Waals surface area contributed by atoms with Crippen molar-refractivity contribution in [3.8, 4) is 22.5 Å². The first-order valence-corrected chi connectivity index (χ1v) is 12.8. The van der Waals surface area contributed by atoms with Crippen molar-refractivity contribution in [2.75, 3.05) is 25.4 Å². The van der Waals surface area contributed by atoms with Crippen LogP contribution < -0.4 is 5.32 Å². The molecule has 1 atom stereocenters. The average Bonchev–Trinajstić information content (AvgIpc) is 3.42. The van der Waals surface area contributed by atoms with Crippen molar-refractivity contribution in [3.63, 3.8) is 0 Å². The highest BCUT2D eigenvalue weighted by molar-refractivity contribution is 7.80. The first-order valence-electron chi connectivity index (χ1n) is 12.1. The van der Waals surface area contributed by atoms with E-state index in [2.05, 4.69) is 52.4 Å². The molecule has 36 heavy (non-hydrogen) atoms. The van der Waals surface area contributed by atoms with Crippen molar-refractivity contribution in [2.24, 2.45) is 11.8 Å². The second-order valence-electron chi connectivity index (χ2n) is 8.90. The zero-order valence-electron chi connectivity index (χ0n) is 21.0. The molecule has 10 heteroatoms. The molecule has 9 nitrogen and oxygen atoms in total. The number of carbonyl (C=O) groups is 2. The number of nitrogens with zero attached hydrogens (tertiary/aromatic N) is 4. The Balaban J connectivity index is 1.67. The summed E-state index contributed by atoms with van der Waals surface area (Å²) in [6, 6.07) is 15.8. The molecule has 0 aliphatic heterocycles. The van der Waals surface area contributed by atoms with E-state index in [1.54, 1.807) is 11.8 Å². The number of aromatic amines is 1. The minimum atomic E-state index is -0.411. The molecule has 0 aliphatic carbocycles. The summed E-state index contributed by atoms with van der Waals surface area (Å²) >= 11 is 4.32. The van der Waals surface area contributed by atoms with Gasteiger partial charge in [0, 0.05) is 36.9 Å². The lowest BCUT2D eigenvalue weighted by molar-refractivity contribution is -0.124. The van der Waals surface area contributed by atoms with Gasteiger partial charge < -0.3 is 15.0 Å². The minimum Gasteiger partial charge on any atom is -0.450 e. The number of thiol groups is 1. The van der Waals surface area contributed by atoms with Gasteiger partial charge in [-0.1, -0.05) is 62.4 Å². The van der Waals surface area contributed by atoms with E-state index in [1.807, 2.05) is 48.5 Å². The Kier molecular flexibility index (Phi) is 10.3. The predicted molar refractivity (Wildman–Crippen MR) is 142 cm³/mol. The number of rotatable bonds is 12. The highest BCUT2D eigenvalue weighted by Gasteiger charge is 2.20. The van der Waals surface area contributed by atoms with Gasteiger partial charge >= 0.3 is 6.09 Å². The van der Waals surface area contributed by atoms with Crippen molar-refractivity contribution in [3.05, 3.63) is 54.1 Å². The van der Waals surface area contributed by atoms with E-state index in [0.717, 1.165) is 28.7 Å². The van der Waals surface area contributed by atoms with Crippen LogP contribution in [0.5, 0.6) is 0 Å². The van der Waals surface area contributed by atoms with Crippen LogP contribution in [-0.2, 0) is 16.1 Å². The molecule has 0 bridgehead atoms. The van der Waals surface area contributed by atoms with Gasteiger partial charge in [-0.25, -0.2) is 4.79 Å². The number of H-pyrrole nitrogens is 1. The fraction of sp³-hybridized carbons (Fsp3) is 0.423. The largest absolute Gasteiger partial charge is 0.450 e. The fourth-order valence-corrected chi connectivity index (χ4v) is 4.27. The summed E-state index contributed by atoms with van der Waals surface area (Å²) in [4.78, 5) is 26.7. The Hall–Kier alpha value is -3.40. The van der Waals surface area contributed by atoms with Gasteiger partial charge in [-0.3, -0.25) is 4.79 Å². The SMILES string of the molecule is CCOC(=O)N(CCNC(=O)C(CS)CC(C)C)Cc1ccc(-c2ccccc2-c2nn[nH]n2)cc1. The maximum atomic E-state index is 12.6. The van der Waals surface area contributed by atoms with Gasteiger partial charge in [0.2, 0.25) is 11.7 Å². The summed E-state index contributed by atoms with van der Waals surface area (Å²) in [6.45, 7) is 7.27. The second-order valence-corrected chi connectivity index (χ2v) is 9.26. The van der Waals surface area contributed by atoms with E-state index in [1.165, 1.54) is 0 Å². The van der Waals surface area contributed by atoms with Crippen molar-refractivity contribution < 1.29 is 14.3 Å². The third kappa shape index (κ3) is 7.55. The summed E-state index contributed by atoms with van der Waals surface area (Å²) in [5.41, 5.74) is 3.80. The topological polar surface area (TPSA) is 113 Å². The molecule has 1 aromatic heterocycles. The number of hydrogen-bond donors (Lipinski definition) is 3. The Bertz CT molecular complexity index is 1110. The van der Waals surface area contributed by atoms with Gasteiger partial charge in [0.25, 0.3) is 0 Å². The molecule has 2 aromatic carbocycles. The quantitative estimate of drug-likeness (QED) is 0.315. The first kappa shape index (κ1) is 27.2. The molecular formula is C26H34N6O3S. The third-order valence-electron chi connectivity index (χ3n) is 5.71. The van der Waals surface area contributed by atoms with E-state index in [4.69, 9.17) is 4.74 Å². The Morgan fingerprint density at radius 2 is 1.83 bits per heavy atom. The van der Waals surface area contributed by atoms with E-state index < -0.39 is 6.09 Å². The van der Waals surface area contributed by atoms with Crippen LogP contribution >= 0.6 is 12.6 Å². The van der Waals surface area contributed by atoms with Crippen LogP contribution in [0, 0.1) is 11.8 Å². The summed E-state index contributed by atoms with van der Waals surface area (Å²) in [7, 11) is 0. The molecular weight excluding hydrogens is 476 g/mol. The molecule has 1 heterocycles. The molecule has 0 saturated carbocycles. The highest BCUT2D eigenvalue weighted by Crippen LogP contribution is 2.29. The van der Waals surface area contributed by atoms with Crippen LogP contribution in [0.4, 0.5) is 4.79 Å².